The molecule has 2 atom stereocenters. The summed E-state index contributed by atoms with van der Waals surface area (Å²) in [5.74, 6) is -1.39. The van der Waals surface area contributed by atoms with Crippen LogP contribution in [0.25, 0.3) is 0 Å². The summed E-state index contributed by atoms with van der Waals surface area (Å²) >= 11 is 0. The van der Waals surface area contributed by atoms with Gasteiger partial charge in [0.05, 0.1) is 5.41 Å². The van der Waals surface area contributed by atoms with Crippen molar-refractivity contribution in [2.45, 2.75) is 38.1 Å². The van der Waals surface area contributed by atoms with E-state index < -0.39 is 23.2 Å². The molecule has 6 heteroatoms. The van der Waals surface area contributed by atoms with Gasteiger partial charge < -0.3 is 5.73 Å². The average molecular weight is 304 g/mol. The number of hydrogen-bond acceptors (Lipinski definition) is 3. The highest BCUT2D eigenvalue weighted by Gasteiger charge is 2.55. The lowest BCUT2D eigenvalue weighted by Gasteiger charge is -2.30. The summed E-state index contributed by atoms with van der Waals surface area (Å²) in [5, 5.41) is 0. The Morgan fingerprint density at radius 3 is 2.77 bits per heavy atom. The molecule has 1 aromatic carbocycles. The first kappa shape index (κ1) is 14.7. The van der Waals surface area contributed by atoms with Crippen molar-refractivity contribution in [1.29, 1.82) is 0 Å². The van der Waals surface area contributed by atoms with E-state index in [2.05, 4.69) is 0 Å². The normalized spacial score (nSPS) is 28.4. The van der Waals surface area contributed by atoms with Crippen LogP contribution in [0.1, 0.15) is 32.1 Å². The number of carbonyl (C=O) groups excluding carboxylic acids is 3. The summed E-state index contributed by atoms with van der Waals surface area (Å²) in [6, 6.07) is 4.69. The van der Waals surface area contributed by atoms with Crippen molar-refractivity contribution in [3.63, 3.8) is 0 Å². The third-order valence-electron chi connectivity index (χ3n) is 4.63. The van der Waals surface area contributed by atoms with Crippen LogP contribution in [-0.2, 0) is 14.4 Å². The van der Waals surface area contributed by atoms with E-state index in [1.807, 2.05) is 0 Å². The van der Waals surface area contributed by atoms with Crippen LogP contribution in [0.3, 0.4) is 0 Å². The number of benzene rings is 1. The SMILES string of the molecule is NC(=O)C1CC2(CCCC(=O)C2)C(=O)N1c1cccc(F)c1. The molecule has 1 aromatic rings. The minimum atomic E-state index is -0.860. The number of amides is 2. The Morgan fingerprint density at radius 1 is 1.36 bits per heavy atom. The van der Waals surface area contributed by atoms with E-state index >= 15 is 0 Å². The molecule has 0 bridgehead atoms. The van der Waals surface area contributed by atoms with Crippen molar-refractivity contribution in [3.8, 4) is 0 Å². The van der Waals surface area contributed by atoms with E-state index in [1.165, 1.54) is 23.1 Å². The molecule has 2 amide bonds. The first-order chi connectivity index (χ1) is 10.4. The summed E-state index contributed by atoms with van der Waals surface area (Å²) in [5.41, 5.74) is 4.89. The van der Waals surface area contributed by atoms with Crippen molar-refractivity contribution in [2.75, 3.05) is 4.90 Å². The number of primary amides is 1. The maximum atomic E-state index is 13.5. The molecular weight excluding hydrogens is 287 g/mol. The first-order valence-electron chi connectivity index (χ1n) is 7.33. The van der Waals surface area contributed by atoms with Gasteiger partial charge in [-0.1, -0.05) is 6.07 Å². The number of carbonyl (C=O) groups is 3. The second kappa shape index (κ2) is 5.19. The third kappa shape index (κ3) is 2.28. The van der Waals surface area contributed by atoms with Crippen LogP contribution in [-0.4, -0.2) is 23.6 Å². The van der Waals surface area contributed by atoms with Gasteiger partial charge in [-0.15, -0.1) is 0 Å². The second-order valence-electron chi connectivity index (χ2n) is 6.13. The molecule has 1 aliphatic heterocycles. The summed E-state index contributed by atoms with van der Waals surface area (Å²) in [6.45, 7) is 0. The molecule has 0 radical (unpaired) electrons. The number of rotatable bonds is 2. The van der Waals surface area contributed by atoms with Gasteiger partial charge in [0.2, 0.25) is 11.8 Å². The molecule has 2 unspecified atom stereocenters. The topological polar surface area (TPSA) is 80.5 Å². The van der Waals surface area contributed by atoms with E-state index in [1.54, 1.807) is 6.07 Å². The van der Waals surface area contributed by atoms with Crippen molar-refractivity contribution < 1.29 is 18.8 Å². The fraction of sp³-hybridized carbons (Fsp3) is 0.438. The zero-order valence-electron chi connectivity index (χ0n) is 12.0. The smallest absolute Gasteiger partial charge is 0.240 e. The van der Waals surface area contributed by atoms with Crippen molar-refractivity contribution in [2.24, 2.45) is 11.1 Å². The van der Waals surface area contributed by atoms with Crippen LogP contribution in [0.5, 0.6) is 0 Å². The second-order valence-corrected chi connectivity index (χ2v) is 6.13. The largest absolute Gasteiger partial charge is 0.368 e. The van der Waals surface area contributed by atoms with E-state index in [4.69, 9.17) is 5.73 Å². The quantitative estimate of drug-likeness (QED) is 0.900. The maximum absolute atomic E-state index is 13.5. The van der Waals surface area contributed by atoms with E-state index in [0.717, 1.165) is 0 Å². The number of anilines is 1. The molecule has 1 saturated carbocycles. The monoisotopic (exact) mass is 304 g/mol. The number of nitrogens with zero attached hydrogens (tertiary/aromatic N) is 1. The molecule has 1 saturated heterocycles. The Bertz CT molecular complexity index is 661. The number of nitrogens with two attached hydrogens (primary N) is 1. The molecule has 22 heavy (non-hydrogen) atoms. The Hall–Kier alpha value is -2.24. The Morgan fingerprint density at radius 2 is 2.14 bits per heavy atom. The van der Waals surface area contributed by atoms with Crippen molar-refractivity contribution in [3.05, 3.63) is 30.1 Å². The molecule has 1 spiro atoms. The van der Waals surface area contributed by atoms with Crippen LogP contribution < -0.4 is 10.6 Å². The van der Waals surface area contributed by atoms with Gasteiger partial charge in [0.25, 0.3) is 0 Å². The van der Waals surface area contributed by atoms with Gasteiger partial charge in [-0.3, -0.25) is 19.3 Å². The van der Waals surface area contributed by atoms with Gasteiger partial charge in [0.1, 0.15) is 17.6 Å². The standard InChI is InChI=1S/C16H17FN2O3/c17-10-3-1-4-11(7-10)19-13(14(18)21)9-16(15(19)22)6-2-5-12(20)8-16/h1,3-4,7,13H,2,5-6,8-9H2,(H2,18,21). The van der Waals surface area contributed by atoms with E-state index in [9.17, 15) is 18.8 Å². The minimum absolute atomic E-state index is 0.0314. The summed E-state index contributed by atoms with van der Waals surface area (Å²) in [7, 11) is 0. The predicted octanol–water partition coefficient (Wildman–Crippen LogP) is 1.55. The fourth-order valence-corrected chi connectivity index (χ4v) is 3.63. The summed E-state index contributed by atoms with van der Waals surface area (Å²) in [4.78, 5) is 37.7. The maximum Gasteiger partial charge on any atom is 0.240 e. The number of halogens is 1. The molecule has 1 heterocycles. The van der Waals surface area contributed by atoms with Crippen LogP contribution in [0.2, 0.25) is 0 Å². The average Bonchev–Trinajstić information content (AvgIpc) is 2.72. The van der Waals surface area contributed by atoms with E-state index in [0.29, 0.717) is 24.9 Å². The molecule has 0 aromatic heterocycles. The molecule has 2 aliphatic rings. The van der Waals surface area contributed by atoms with Crippen molar-refractivity contribution >= 4 is 23.3 Å². The van der Waals surface area contributed by atoms with Gasteiger partial charge in [0.15, 0.2) is 0 Å². The molecular formula is C16H17FN2O3. The Kier molecular flexibility index (Phi) is 3.47. The number of ketones is 1. The molecule has 2 fully saturated rings. The third-order valence-corrected chi connectivity index (χ3v) is 4.63. The van der Waals surface area contributed by atoms with Gasteiger partial charge in [-0.05, 0) is 37.5 Å². The number of hydrogen-bond donors (Lipinski definition) is 1. The highest BCUT2D eigenvalue weighted by atomic mass is 19.1. The summed E-state index contributed by atoms with van der Waals surface area (Å²) < 4.78 is 13.5. The molecule has 116 valence electrons. The Balaban J connectivity index is 2.02. The van der Waals surface area contributed by atoms with Gasteiger partial charge in [-0.2, -0.15) is 0 Å². The lowest BCUT2D eigenvalue weighted by Crippen LogP contribution is -2.43. The zero-order chi connectivity index (χ0) is 15.9. The Labute approximate surface area is 127 Å². The van der Waals surface area contributed by atoms with Gasteiger partial charge in [0, 0.05) is 18.5 Å². The van der Waals surface area contributed by atoms with Crippen LogP contribution in [0.4, 0.5) is 10.1 Å². The highest BCUT2D eigenvalue weighted by Crippen LogP contribution is 2.47. The zero-order valence-corrected chi connectivity index (χ0v) is 12.0. The lowest BCUT2D eigenvalue weighted by molar-refractivity contribution is -0.134. The molecule has 3 rings (SSSR count). The molecule has 5 nitrogen and oxygen atoms in total. The lowest BCUT2D eigenvalue weighted by atomic mass is 9.71. The summed E-state index contributed by atoms with van der Waals surface area (Å²) in [6.07, 6.45) is 2.03. The van der Waals surface area contributed by atoms with Gasteiger partial charge in [-0.25, -0.2) is 4.39 Å². The molecule has 2 N–H and O–H groups in total. The van der Waals surface area contributed by atoms with Crippen LogP contribution in [0.15, 0.2) is 24.3 Å². The van der Waals surface area contributed by atoms with Gasteiger partial charge >= 0.3 is 0 Å². The minimum Gasteiger partial charge on any atom is -0.368 e. The van der Waals surface area contributed by atoms with E-state index in [-0.39, 0.29) is 24.5 Å². The highest BCUT2D eigenvalue weighted by molar-refractivity contribution is 6.08. The van der Waals surface area contributed by atoms with Crippen molar-refractivity contribution in [1.82, 2.24) is 0 Å². The van der Waals surface area contributed by atoms with Crippen LogP contribution in [0, 0.1) is 11.2 Å². The van der Waals surface area contributed by atoms with Crippen LogP contribution >= 0.6 is 0 Å². The molecule has 1 aliphatic carbocycles. The predicted molar refractivity (Wildman–Crippen MR) is 77.4 cm³/mol. The fourth-order valence-electron chi connectivity index (χ4n) is 3.63. The number of Topliss-reactive ketones (excluding diaryl/α,β-unsaturated/α-hetero) is 1. The first-order valence-corrected chi connectivity index (χ1v) is 7.33.